The number of halogens is 1. The van der Waals surface area contributed by atoms with Crippen molar-refractivity contribution in [3.8, 4) is 0 Å². The standard InChI is InChI=1S/C23H22FN3O5.Na.H/c1-27-10-9-19(28)21(22(27)31)26-23(32)25-18(13-20(29)30)16-7-4-5-14(12-16)11-15-6-2-3-8-17(15)24;;/h2-10,12,18,21H,11,13H2,1H3,(H,29,30)(H2,25,26,32);;. The van der Waals surface area contributed by atoms with Gasteiger partial charge in [-0.2, -0.15) is 0 Å². The van der Waals surface area contributed by atoms with Crippen LogP contribution in [0.15, 0.2) is 60.8 Å². The second-order valence-corrected chi connectivity index (χ2v) is 7.38. The molecular formula is C23H23FN3NaO5. The number of carbonyl (C=O) groups excluding carboxylic acids is 3. The molecule has 8 nitrogen and oxygen atoms in total. The maximum absolute atomic E-state index is 14.0. The summed E-state index contributed by atoms with van der Waals surface area (Å²) in [6, 6.07) is 9.95. The van der Waals surface area contributed by atoms with Gasteiger partial charge in [0.25, 0.3) is 5.91 Å². The van der Waals surface area contributed by atoms with Crippen LogP contribution in [-0.4, -0.2) is 76.3 Å². The number of hydrogen-bond donors (Lipinski definition) is 3. The zero-order valence-electron chi connectivity index (χ0n) is 17.2. The number of carboxylic acids is 1. The van der Waals surface area contributed by atoms with E-state index in [-0.39, 0.29) is 41.8 Å². The first-order valence-corrected chi connectivity index (χ1v) is 9.84. The molecule has 168 valence electrons. The van der Waals surface area contributed by atoms with Crippen molar-refractivity contribution in [1.82, 2.24) is 15.5 Å². The Morgan fingerprint density at radius 1 is 1.15 bits per heavy atom. The van der Waals surface area contributed by atoms with Gasteiger partial charge in [0.15, 0.2) is 11.8 Å². The average molecular weight is 463 g/mol. The molecule has 0 aromatic heterocycles. The van der Waals surface area contributed by atoms with Crippen molar-refractivity contribution in [2.45, 2.75) is 24.9 Å². The molecule has 1 aliphatic rings. The average Bonchev–Trinajstić information content (AvgIpc) is 2.75. The molecule has 0 spiro atoms. The molecule has 0 radical (unpaired) electrons. The van der Waals surface area contributed by atoms with Crippen LogP contribution in [0, 0.1) is 5.82 Å². The predicted octanol–water partition coefficient (Wildman–Crippen LogP) is 1.51. The van der Waals surface area contributed by atoms with Crippen LogP contribution in [0.4, 0.5) is 9.18 Å². The number of nitrogens with one attached hydrogen (secondary N) is 2. The summed E-state index contributed by atoms with van der Waals surface area (Å²) in [5.74, 6) is -2.68. The zero-order chi connectivity index (χ0) is 23.3. The second-order valence-electron chi connectivity index (χ2n) is 7.38. The van der Waals surface area contributed by atoms with Crippen molar-refractivity contribution in [3.05, 3.63) is 83.3 Å². The molecule has 2 atom stereocenters. The summed E-state index contributed by atoms with van der Waals surface area (Å²) in [6.45, 7) is 0. The van der Waals surface area contributed by atoms with Crippen molar-refractivity contribution < 1.29 is 28.7 Å². The molecule has 2 aromatic rings. The third-order valence-corrected chi connectivity index (χ3v) is 5.01. The fourth-order valence-electron chi connectivity index (χ4n) is 3.35. The summed E-state index contributed by atoms with van der Waals surface area (Å²) in [6.07, 6.45) is 2.33. The van der Waals surface area contributed by atoms with E-state index in [1.54, 1.807) is 42.5 Å². The van der Waals surface area contributed by atoms with Crippen molar-refractivity contribution in [3.63, 3.8) is 0 Å². The number of nitrogens with zero attached hydrogens (tertiary/aromatic N) is 1. The molecule has 2 aromatic carbocycles. The number of ketones is 1. The molecule has 3 N–H and O–H groups in total. The molecule has 1 heterocycles. The summed E-state index contributed by atoms with van der Waals surface area (Å²) in [4.78, 5) is 49.1. The Morgan fingerprint density at radius 2 is 1.88 bits per heavy atom. The van der Waals surface area contributed by atoms with E-state index in [4.69, 9.17) is 0 Å². The summed E-state index contributed by atoms with van der Waals surface area (Å²) in [7, 11) is 1.45. The van der Waals surface area contributed by atoms with E-state index in [1.807, 2.05) is 0 Å². The van der Waals surface area contributed by atoms with Gasteiger partial charge < -0.3 is 20.6 Å². The normalized spacial score (nSPS) is 16.1. The number of hydrogen-bond acceptors (Lipinski definition) is 4. The summed E-state index contributed by atoms with van der Waals surface area (Å²) >= 11 is 0. The number of carboxylic acid groups (broad SMARTS) is 1. The van der Waals surface area contributed by atoms with Gasteiger partial charge >= 0.3 is 41.6 Å². The number of benzene rings is 2. The molecule has 3 rings (SSSR count). The SMILES string of the molecule is CN1C=CC(=O)C(NC(=O)NC(CC(=O)O)c2cccc(Cc3ccccc3F)c2)C1=O.[NaH]. The van der Waals surface area contributed by atoms with Gasteiger partial charge in [0.2, 0.25) is 0 Å². The van der Waals surface area contributed by atoms with Crippen molar-refractivity contribution >= 4 is 53.2 Å². The Labute approximate surface area is 212 Å². The van der Waals surface area contributed by atoms with Crippen LogP contribution in [0.2, 0.25) is 0 Å². The van der Waals surface area contributed by atoms with Crippen molar-refractivity contribution in [2.24, 2.45) is 0 Å². The van der Waals surface area contributed by atoms with Crippen molar-refractivity contribution in [2.75, 3.05) is 7.05 Å². The molecule has 3 amide bonds. The number of amides is 3. The Hall–Kier alpha value is -3.01. The van der Waals surface area contributed by atoms with Crippen LogP contribution >= 0.6 is 0 Å². The van der Waals surface area contributed by atoms with Gasteiger partial charge in [-0.1, -0.05) is 42.5 Å². The van der Waals surface area contributed by atoms with E-state index >= 15 is 0 Å². The van der Waals surface area contributed by atoms with Crippen molar-refractivity contribution in [1.29, 1.82) is 0 Å². The van der Waals surface area contributed by atoms with E-state index in [0.717, 1.165) is 5.56 Å². The minimum atomic E-state index is -1.39. The summed E-state index contributed by atoms with van der Waals surface area (Å²) in [5.41, 5.74) is 1.71. The van der Waals surface area contributed by atoms with Crippen LogP contribution in [0.25, 0.3) is 0 Å². The van der Waals surface area contributed by atoms with E-state index in [9.17, 15) is 28.7 Å². The van der Waals surface area contributed by atoms with Crippen LogP contribution in [-0.2, 0) is 20.8 Å². The molecular weight excluding hydrogens is 440 g/mol. The van der Waals surface area contributed by atoms with Crippen LogP contribution in [0.5, 0.6) is 0 Å². The number of carbonyl (C=O) groups is 4. The fourth-order valence-corrected chi connectivity index (χ4v) is 3.35. The Kier molecular flexibility index (Phi) is 9.33. The Balaban J connectivity index is 0.00000385. The molecule has 2 unspecified atom stereocenters. The minimum absolute atomic E-state index is 0. The molecule has 0 fully saturated rings. The number of rotatable bonds is 7. The van der Waals surface area contributed by atoms with Gasteiger partial charge in [-0.25, -0.2) is 9.18 Å². The van der Waals surface area contributed by atoms with Crippen LogP contribution in [0.3, 0.4) is 0 Å². The van der Waals surface area contributed by atoms with E-state index in [0.29, 0.717) is 11.1 Å². The van der Waals surface area contributed by atoms with E-state index in [1.165, 1.54) is 30.3 Å². The monoisotopic (exact) mass is 463 g/mol. The number of aliphatic carboxylic acids is 1. The fraction of sp³-hybridized carbons (Fsp3) is 0.217. The van der Waals surface area contributed by atoms with Gasteiger partial charge in [-0.3, -0.25) is 14.4 Å². The maximum atomic E-state index is 14.0. The Bertz CT molecular complexity index is 1090. The molecule has 0 saturated carbocycles. The Morgan fingerprint density at radius 3 is 2.58 bits per heavy atom. The first-order chi connectivity index (χ1) is 15.2. The zero-order valence-corrected chi connectivity index (χ0v) is 17.2. The third kappa shape index (κ3) is 6.98. The summed E-state index contributed by atoms with van der Waals surface area (Å²) < 4.78 is 14.0. The molecule has 33 heavy (non-hydrogen) atoms. The van der Waals surface area contributed by atoms with Gasteiger partial charge in [-0.05, 0) is 22.8 Å². The van der Waals surface area contributed by atoms with Gasteiger partial charge in [-0.15, -0.1) is 0 Å². The first kappa shape index (κ1) is 26.2. The van der Waals surface area contributed by atoms with Crippen LogP contribution in [0.1, 0.15) is 29.2 Å². The van der Waals surface area contributed by atoms with Gasteiger partial charge in [0.05, 0.1) is 12.5 Å². The number of likely N-dealkylation sites (N-methyl/N-ethyl adjacent to an activating group) is 1. The molecule has 0 saturated heterocycles. The quantitative estimate of drug-likeness (QED) is 0.425. The van der Waals surface area contributed by atoms with E-state index in [2.05, 4.69) is 10.6 Å². The number of urea groups is 1. The first-order valence-electron chi connectivity index (χ1n) is 9.84. The molecule has 0 aliphatic carbocycles. The van der Waals surface area contributed by atoms with Gasteiger partial charge in [0, 0.05) is 25.7 Å². The molecule has 0 bridgehead atoms. The van der Waals surface area contributed by atoms with Crippen LogP contribution < -0.4 is 10.6 Å². The summed E-state index contributed by atoms with van der Waals surface area (Å²) in [5, 5.41) is 14.1. The third-order valence-electron chi connectivity index (χ3n) is 5.01. The van der Waals surface area contributed by atoms with Gasteiger partial charge in [0.1, 0.15) is 5.82 Å². The second kappa shape index (κ2) is 11.7. The molecule has 10 heteroatoms. The molecule has 1 aliphatic heterocycles. The van der Waals surface area contributed by atoms with E-state index < -0.39 is 42.2 Å². The predicted molar refractivity (Wildman–Crippen MR) is 120 cm³/mol. The topological polar surface area (TPSA) is 116 Å².